The van der Waals surface area contributed by atoms with Crippen molar-refractivity contribution in [2.24, 2.45) is 0 Å². The van der Waals surface area contributed by atoms with E-state index in [2.05, 4.69) is 9.55 Å². The lowest BCUT2D eigenvalue weighted by Gasteiger charge is -2.14. The summed E-state index contributed by atoms with van der Waals surface area (Å²) in [5.41, 5.74) is 1.97. The zero-order valence-electron chi connectivity index (χ0n) is 11.0. The van der Waals surface area contributed by atoms with E-state index in [4.69, 9.17) is 4.74 Å². The normalized spacial score (nSPS) is 16.3. The van der Waals surface area contributed by atoms with Gasteiger partial charge in [0.1, 0.15) is 5.75 Å². The van der Waals surface area contributed by atoms with Crippen LogP contribution in [0.4, 0.5) is 0 Å². The highest BCUT2D eigenvalue weighted by Crippen LogP contribution is 2.37. The molecule has 0 radical (unpaired) electrons. The third kappa shape index (κ3) is 2.63. The molecule has 1 fully saturated rings. The molecule has 100 valence electrons. The third-order valence-electron chi connectivity index (χ3n) is 3.54. The average Bonchev–Trinajstić information content (AvgIpc) is 3.16. The molecule has 1 aromatic heterocycles. The van der Waals surface area contributed by atoms with Gasteiger partial charge in [-0.05, 0) is 30.5 Å². The number of nitrogens with zero attached hydrogens (tertiary/aromatic N) is 2. The lowest BCUT2D eigenvalue weighted by Crippen LogP contribution is -2.08. The maximum atomic E-state index is 10.4. The Labute approximate surface area is 112 Å². The summed E-state index contributed by atoms with van der Waals surface area (Å²) in [4.78, 5) is 4.16. The molecule has 1 aromatic carbocycles. The SMILES string of the molecule is COc1cccc(CC(O)c2cncn2C2CC2)c1. The molecule has 3 rings (SSSR count). The van der Waals surface area contributed by atoms with Crippen LogP contribution in [0.15, 0.2) is 36.8 Å². The monoisotopic (exact) mass is 258 g/mol. The van der Waals surface area contributed by atoms with E-state index in [0.717, 1.165) is 17.0 Å². The Morgan fingerprint density at radius 3 is 3.05 bits per heavy atom. The van der Waals surface area contributed by atoms with Gasteiger partial charge in [0.15, 0.2) is 0 Å². The molecule has 0 spiro atoms. The van der Waals surface area contributed by atoms with Gasteiger partial charge in [0.05, 0.1) is 31.4 Å². The zero-order valence-corrected chi connectivity index (χ0v) is 11.0. The summed E-state index contributed by atoms with van der Waals surface area (Å²) in [5.74, 6) is 0.820. The molecule has 4 heteroatoms. The van der Waals surface area contributed by atoms with Crippen molar-refractivity contribution in [2.45, 2.75) is 31.4 Å². The van der Waals surface area contributed by atoms with Gasteiger partial charge in [-0.3, -0.25) is 0 Å². The number of imidazole rings is 1. The molecule has 4 nitrogen and oxygen atoms in total. The highest BCUT2D eigenvalue weighted by Gasteiger charge is 2.27. The summed E-state index contributed by atoms with van der Waals surface area (Å²) >= 11 is 0. The van der Waals surface area contributed by atoms with Crippen LogP contribution in [-0.2, 0) is 6.42 Å². The fraction of sp³-hybridized carbons (Fsp3) is 0.400. The number of aromatic nitrogens is 2. The Morgan fingerprint density at radius 2 is 2.32 bits per heavy atom. The van der Waals surface area contributed by atoms with Gasteiger partial charge in [0, 0.05) is 12.5 Å². The number of methoxy groups -OCH3 is 1. The maximum Gasteiger partial charge on any atom is 0.119 e. The number of aliphatic hydroxyl groups excluding tert-OH is 1. The molecule has 1 saturated carbocycles. The quantitative estimate of drug-likeness (QED) is 0.896. The van der Waals surface area contributed by atoms with Gasteiger partial charge in [0.2, 0.25) is 0 Å². The van der Waals surface area contributed by atoms with Crippen molar-refractivity contribution in [1.29, 1.82) is 0 Å². The Kier molecular flexibility index (Phi) is 3.25. The van der Waals surface area contributed by atoms with Crippen molar-refractivity contribution in [3.63, 3.8) is 0 Å². The van der Waals surface area contributed by atoms with Crippen molar-refractivity contribution in [2.75, 3.05) is 7.11 Å². The number of aliphatic hydroxyl groups is 1. The standard InChI is InChI=1S/C15H18N2O2/c1-19-13-4-2-3-11(7-13)8-15(18)14-9-16-10-17(14)12-5-6-12/h2-4,7,9-10,12,15,18H,5-6,8H2,1H3. The van der Waals surface area contributed by atoms with Crippen LogP contribution in [-0.4, -0.2) is 21.8 Å². The minimum atomic E-state index is -0.518. The van der Waals surface area contributed by atoms with Crippen LogP contribution in [0.3, 0.4) is 0 Å². The summed E-state index contributed by atoms with van der Waals surface area (Å²) in [6, 6.07) is 8.35. The van der Waals surface area contributed by atoms with Crippen LogP contribution in [0.1, 0.15) is 36.2 Å². The Balaban J connectivity index is 1.76. The molecule has 0 amide bonds. The van der Waals surface area contributed by atoms with E-state index < -0.39 is 6.10 Å². The first kappa shape index (κ1) is 12.2. The topological polar surface area (TPSA) is 47.3 Å². The highest BCUT2D eigenvalue weighted by atomic mass is 16.5. The van der Waals surface area contributed by atoms with Crippen LogP contribution in [0, 0.1) is 0 Å². The van der Waals surface area contributed by atoms with E-state index in [1.807, 2.05) is 30.6 Å². The molecule has 1 aliphatic carbocycles. The molecule has 1 aliphatic rings. The second-order valence-corrected chi connectivity index (χ2v) is 5.03. The van der Waals surface area contributed by atoms with Gasteiger partial charge in [-0.1, -0.05) is 12.1 Å². The minimum absolute atomic E-state index is 0.518. The van der Waals surface area contributed by atoms with E-state index in [-0.39, 0.29) is 0 Å². The van der Waals surface area contributed by atoms with Gasteiger partial charge in [-0.2, -0.15) is 0 Å². The van der Waals surface area contributed by atoms with E-state index in [1.165, 1.54) is 12.8 Å². The minimum Gasteiger partial charge on any atom is -0.497 e. The van der Waals surface area contributed by atoms with Gasteiger partial charge in [-0.15, -0.1) is 0 Å². The molecule has 19 heavy (non-hydrogen) atoms. The fourth-order valence-corrected chi connectivity index (χ4v) is 2.36. The predicted octanol–water partition coefficient (Wildman–Crippen LogP) is 2.50. The predicted molar refractivity (Wildman–Crippen MR) is 72.2 cm³/mol. The summed E-state index contributed by atoms with van der Waals surface area (Å²) in [6.45, 7) is 0. The Bertz CT molecular complexity index is 561. The number of hydrogen-bond acceptors (Lipinski definition) is 3. The molecule has 0 aliphatic heterocycles. The molecule has 1 heterocycles. The highest BCUT2D eigenvalue weighted by molar-refractivity contribution is 5.29. The van der Waals surface area contributed by atoms with E-state index in [0.29, 0.717) is 12.5 Å². The molecule has 1 unspecified atom stereocenters. The van der Waals surface area contributed by atoms with Crippen LogP contribution in [0.25, 0.3) is 0 Å². The smallest absolute Gasteiger partial charge is 0.119 e. The maximum absolute atomic E-state index is 10.4. The third-order valence-corrected chi connectivity index (χ3v) is 3.54. The summed E-state index contributed by atoms with van der Waals surface area (Å²) in [6.07, 6.45) is 6.03. The lowest BCUT2D eigenvalue weighted by molar-refractivity contribution is 0.168. The zero-order chi connectivity index (χ0) is 13.2. The van der Waals surface area contributed by atoms with E-state index in [9.17, 15) is 5.11 Å². The fourth-order valence-electron chi connectivity index (χ4n) is 2.36. The summed E-state index contributed by atoms with van der Waals surface area (Å²) in [5, 5.41) is 10.4. The first-order valence-electron chi connectivity index (χ1n) is 6.60. The molecule has 0 saturated heterocycles. The van der Waals surface area contributed by atoms with E-state index in [1.54, 1.807) is 13.3 Å². The largest absolute Gasteiger partial charge is 0.497 e. The van der Waals surface area contributed by atoms with Crippen molar-refractivity contribution in [1.82, 2.24) is 9.55 Å². The second kappa shape index (κ2) is 5.05. The molecular formula is C15H18N2O2. The van der Waals surface area contributed by atoms with Gasteiger partial charge < -0.3 is 14.4 Å². The lowest BCUT2D eigenvalue weighted by atomic mass is 10.1. The van der Waals surface area contributed by atoms with Gasteiger partial charge >= 0.3 is 0 Å². The van der Waals surface area contributed by atoms with Crippen LogP contribution >= 0.6 is 0 Å². The van der Waals surface area contributed by atoms with E-state index >= 15 is 0 Å². The van der Waals surface area contributed by atoms with Crippen molar-refractivity contribution in [3.05, 3.63) is 48.0 Å². The second-order valence-electron chi connectivity index (χ2n) is 5.03. The molecule has 1 N–H and O–H groups in total. The van der Waals surface area contributed by atoms with Crippen LogP contribution in [0.5, 0.6) is 5.75 Å². The van der Waals surface area contributed by atoms with Crippen molar-refractivity contribution < 1.29 is 9.84 Å². The van der Waals surface area contributed by atoms with Gasteiger partial charge in [0.25, 0.3) is 0 Å². The summed E-state index contributed by atoms with van der Waals surface area (Å²) < 4.78 is 7.30. The van der Waals surface area contributed by atoms with Crippen molar-refractivity contribution in [3.8, 4) is 5.75 Å². The summed E-state index contributed by atoms with van der Waals surface area (Å²) in [7, 11) is 1.65. The number of ether oxygens (including phenoxy) is 1. The number of hydrogen-bond donors (Lipinski definition) is 1. The molecule has 1 atom stereocenters. The first-order chi connectivity index (χ1) is 9.28. The number of benzene rings is 1. The first-order valence-corrected chi connectivity index (χ1v) is 6.60. The van der Waals surface area contributed by atoms with Crippen LogP contribution in [0.2, 0.25) is 0 Å². The average molecular weight is 258 g/mol. The molecular weight excluding hydrogens is 240 g/mol. The molecule has 2 aromatic rings. The van der Waals surface area contributed by atoms with Gasteiger partial charge in [-0.25, -0.2) is 4.98 Å². The Morgan fingerprint density at radius 1 is 1.47 bits per heavy atom. The molecule has 0 bridgehead atoms. The Hall–Kier alpha value is -1.81. The van der Waals surface area contributed by atoms with Crippen molar-refractivity contribution >= 4 is 0 Å². The van der Waals surface area contributed by atoms with Crippen LogP contribution < -0.4 is 4.74 Å². The number of rotatable bonds is 5.